The van der Waals surface area contributed by atoms with E-state index in [0.29, 0.717) is 36.8 Å². The van der Waals surface area contributed by atoms with Crippen LogP contribution >= 0.6 is 7.82 Å². The predicted octanol–water partition coefficient (Wildman–Crippen LogP) is 0.520. The second-order valence-electron chi connectivity index (χ2n) is 12.4. The lowest BCUT2D eigenvalue weighted by molar-refractivity contribution is -0.143. The zero-order valence-corrected chi connectivity index (χ0v) is 28.9. The van der Waals surface area contributed by atoms with Crippen molar-refractivity contribution in [3.8, 4) is 5.75 Å². The summed E-state index contributed by atoms with van der Waals surface area (Å²) in [7, 11) is -3.41. The molecule has 0 bridgehead atoms. The third kappa shape index (κ3) is 11.5. The molecule has 2 heterocycles. The van der Waals surface area contributed by atoms with E-state index in [1.807, 2.05) is 6.07 Å². The molecule has 18 heteroatoms. The Balaban J connectivity index is 1.48. The highest BCUT2D eigenvalue weighted by Crippen LogP contribution is 2.37. The molecule has 6 amide bonds. The quantitative estimate of drug-likeness (QED) is 0.124. The van der Waals surface area contributed by atoms with Crippen LogP contribution in [0, 0.1) is 0 Å². The van der Waals surface area contributed by atoms with Crippen LogP contribution < -0.4 is 31.5 Å². The number of ether oxygens (including phenoxy) is 1. The molecule has 0 saturated carbocycles. The fourth-order valence-corrected chi connectivity index (χ4v) is 6.59. The maximum absolute atomic E-state index is 14.0. The van der Waals surface area contributed by atoms with Gasteiger partial charge in [0.15, 0.2) is 0 Å². The number of nitrogens with zero attached hydrogens (tertiary/aromatic N) is 1. The fraction of sp³-hybridized carbons (Fsp3) is 0.455. The lowest BCUT2D eigenvalue weighted by Gasteiger charge is -2.32. The normalized spacial score (nSPS) is 19.8. The number of primary amides is 1. The Bertz CT molecular complexity index is 1620. The first-order valence-corrected chi connectivity index (χ1v) is 18.0. The van der Waals surface area contributed by atoms with Gasteiger partial charge in [0.05, 0.1) is 0 Å². The Morgan fingerprint density at radius 2 is 1.63 bits per heavy atom. The summed E-state index contributed by atoms with van der Waals surface area (Å²) in [4.78, 5) is 97.5. The summed E-state index contributed by atoms with van der Waals surface area (Å²) in [5.74, 6) is -3.02. The highest BCUT2D eigenvalue weighted by molar-refractivity contribution is 7.46. The van der Waals surface area contributed by atoms with Crippen molar-refractivity contribution < 1.29 is 52.4 Å². The fourth-order valence-electron chi connectivity index (χ4n) is 6.20. The number of rotatable bonds is 15. The standard InChI is InChI=1S/C33H43N6O11P/c1-35-29(41)24(15-17-28(34)40)36-31(43)27-16-12-22-8-5-9-25(32(44)39(22)27)37-30(42)26(38-33(45)49-19-21-6-3-2-4-7-21)18-20-10-13-23(14-11-20)50-51(46,47)48/h2-4,6-7,10-11,13-14,22,24-27H,5,8-9,12,15-19H2,1H3,(H2,34,40)(H,35,41)(H,36,43)(H,37,42)(H,38,45)(H2,46,47,48)/t22?,24-,25-,26-,27-/m0/s1. The van der Waals surface area contributed by atoms with Crippen LogP contribution in [0.1, 0.15) is 56.1 Å². The SMILES string of the molecule is CNC(=O)[C@H](CCC(N)=O)NC(=O)[C@@H]1CCC2CCC[C@H](NC(=O)[C@H](Cc3ccc(OP(=O)(O)O)cc3)NC(=O)OCc3ccccc3)C(=O)N21. The topological polar surface area (TPSA) is 256 Å². The number of likely N-dealkylation sites (N-methyl/N-ethyl adjacent to an activating group) is 1. The Morgan fingerprint density at radius 3 is 2.27 bits per heavy atom. The molecule has 0 aromatic heterocycles. The number of amides is 6. The number of phosphoric acid groups is 1. The number of hydrogen-bond donors (Lipinski definition) is 7. The van der Waals surface area contributed by atoms with Gasteiger partial charge < -0.3 is 41.2 Å². The highest BCUT2D eigenvalue weighted by Gasteiger charge is 2.45. The summed E-state index contributed by atoms with van der Waals surface area (Å²) in [6.45, 7) is -0.0698. The first kappa shape index (κ1) is 38.8. The van der Waals surface area contributed by atoms with E-state index in [1.54, 1.807) is 24.3 Å². The molecule has 0 spiro atoms. The van der Waals surface area contributed by atoms with Crippen molar-refractivity contribution in [1.29, 1.82) is 0 Å². The van der Waals surface area contributed by atoms with Crippen LogP contribution in [0.3, 0.4) is 0 Å². The van der Waals surface area contributed by atoms with Crippen molar-refractivity contribution in [2.45, 2.75) is 88.2 Å². The molecule has 0 aliphatic carbocycles. The summed E-state index contributed by atoms with van der Waals surface area (Å²) in [6.07, 6.45) is 1.13. The number of phosphoric ester groups is 1. The number of nitrogens with one attached hydrogen (secondary N) is 4. The largest absolute Gasteiger partial charge is 0.524 e. The van der Waals surface area contributed by atoms with Gasteiger partial charge in [0, 0.05) is 25.9 Å². The third-order valence-corrected chi connectivity index (χ3v) is 9.12. The maximum atomic E-state index is 14.0. The van der Waals surface area contributed by atoms with Gasteiger partial charge >= 0.3 is 13.9 Å². The molecule has 4 rings (SSSR count). The molecule has 276 valence electrons. The minimum absolute atomic E-state index is 0.0227. The van der Waals surface area contributed by atoms with E-state index < -0.39 is 67.6 Å². The lowest BCUT2D eigenvalue weighted by atomic mass is 10.0. The van der Waals surface area contributed by atoms with Gasteiger partial charge in [-0.2, -0.15) is 0 Å². The molecule has 2 aliphatic rings. The first-order chi connectivity index (χ1) is 24.2. The van der Waals surface area contributed by atoms with Crippen LogP contribution in [0.5, 0.6) is 5.75 Å². The number of carbonyl (C=O) groups is 6. The van der Waals surface area contributed by atoms with Crippen molar-refractivity contribution in [3.05, 3.63) is 65.7 Å². The van der Waals surface area contributed by atoms with Crippen LogP contribution in [0.2, 0.25) is 0 Å². The Morgan fingerprint density at radius 1 is 0.922 bits per heavy atom. The van der Waals surface area contributed by atoms with E-state index in [4.69, 9.17) is 20.3 Å². The van der Waals surface area contributed by atoms with E-state index >= 15 is 0 Å². The molecule has 1 unspecified atom stereocenters. The third-order valence-electron chi connectivity index (χ3n) is 8.67. The van der Waals surface area contributed by atoms with E-state index in [2.05, 4.69) is 25.8 Å². The smallest absolute Gasteiger partial charge is 0.445 e. The molecular formula is C33H43N6O11P. The van der Waals surface area contributed by atoms with Crippen LogP contribution in [0.4, 0.5) is 4.79 Å². The number of benzene rings is 2. The summed E-state index contributed by atoms with van der Waals surface area (Å²) < 4.78 is 21.1. The van der Waals surface area contributed by atoms with Gasteiger partial charge in [-0.25, -0.2) is 9.36 Å². The van der Waals surface area contributed by atoms with Gasteiger partial charge in [-0.15, -0.1) is 0 Å². The second-order valence-corrected chi connectivity index (χ2v) is 13.5. The maximum Gasteiger partial charge on any atom is 0.524 e. The van der Waals surface area contributed by atoms with Crippen molar-refractivity contribution in [2.75, 3.05) is 7.05 Å². The summed E-state index contributed by atoms with van der Waals surface area (Å²) in [5.41, 5.74) is 6.44. The van der Waals surface area contributed by atoms with Gasteiger partial charge in [0.25, 0.3) is 0 Å². The molecule has 8 N–H and O–H groups in total. The molecule has 0 radical (unpaired) electrons. The van der Waals surface area contributed by atoms with E-state index in [9.17, 15) is 33.3 Å². The molecule has 2 aliphatic heterocycles. The molecule has 2 aromatic rings. The zero-order chi connectivity index (χ0) is 37.1. The van der Waals surface area contributed by atoms with Gasteiger partial charge in [0.2, 0.25) is 29.5 Å². The van der Waals surface area contributed by atoms with Crippen LogP contribution in [0.15, 0.2) is 54.6 Å². The summed E-state index contributed by atoms with van der Waals surface area (Å²) in [6, 6.07) is 9.89. The molecule has 51 heavy (non-hydrogen) atoms. The van der Waals surface area contributed by atoms with Gasteiger partial charge in [-0.3, -0.25) is 33.8 Å². The van der Waals surface area contributed by atoms with E-state index in [-0.39, 0.29) is 44.1 Å². The number of alkyl carbamates (subject to hydrolysis) is 1. The summed E-state index contributed by atoms with van der Waals surface area (Å²) in [5, 5.41) is 10.4. The van der Waals surface area contributed by atoms with Crippen molar-refractivity contribution in [2.24, 2.45) is 5.73 Å². The average molecular weight is 731 g/mol. The van der Waals surface area contributed by atoms with E-state index in [1.165, 1.54) is 36.2 Å². The number of nitrogens with two attached hydrogens (primary N) is 1. The number of carbonyl (C=O) groups excluding carboxylic acids is 6. The molecular weight excluding hydrogens is 687 g/mol. The van der Waals surface area contributed by atoms with Crippen LogP contribution in [-0.4, -0.2) is 87.6 Å². The Kier molecular flexibility index (Phi) is 13.5. The lowest BCUT2D eigenvalue weighted by Crippen LogP contribution is -2.58. The zero-order valence-electron chi connectivity index (χ0n) is 28.0. The average Bonchev–Trinajstić information content (AvgIpc) is 3.45. The molecule has 17 nitrogen and oxygen atoms in total. The Labute approximate surface area is 294 Å². The Hall–Kier alpha value is -4.99. The summed E-state index contributed by atoms with van der Waals surface area (Å²) >= 11 is 0. The highest BCUT2D eigenvalue weighted by atomic mass is 31.2. The second kappa shape index (κ2) is 17.8. The van der Waals surface area contributed by atoms with Crippen LogP contribution in [-0.2, 0) is 46.3 Å². The minimum Gasteiger partial charge on any atom is -0.445 e. The molecule has 2 fully saturated rings. The molecule has 2 aromatic carbocycles. The molecule has 5 atom stereocenters. The monoisotopic (exact) mass is 730 g/mol. The minimum atomic E-state index is -4.80. The molecule has 2 saturated heterocycles. The van der Waals surface area contributed by atoms with Crippen molar-refractivity contribution >= 4 is 43.5 Å². The van der Waals surface area contributed by atoms with Crippen LogP contribution in [0.25, 0.3) is 0 Å². The first-order valence-electron chi connectivity index (χ1n) is 16.5. The van der Waals surface area contributed by atoms with Gasteiger partial charge in [0.1, 0.15) is 36.5 Å². The van der Waals surface area contributed by atoms with E-state index in [0.717, 1.165) is 0 Å². The van der Waals surface area contributed by atoms with Crippen molar-refractivity contribution in [3.63, 3.8) is 0 Å². The number of hydrogen-bond acceptors (Lipinski definition) is 9. The van der Waals surface area contributed by atoms with Gasteiger partial charge in [-0.05, 0) is 61.8 Å². The van der Waals surface area contributed by atoms with Crippen molar-refractivity contribution in [1.82, 2.24) is 26.2 Å². The predicted molar refractivity (Wildman–Crippen MR) is 180 cm³/mol. The number of fused-ring (bicyclic) bond motifs is 1. The van der Waals surface area contributed by atoms with Gasteiger partial charge in [-0.1, -0.05) is 42.5 Å².